The van der Waals surface area contributed by atoms with Gasteiger partial charge >= 0.3 is 12.1 Å². The van der Waals surface area contributed by atoms with Gasteiger partial charge in [-0.05, 0) is 24.8 Å². The van der Waals surface area contributed by atoms with Gasteiger partial charge in [-0.3, -0.25) is 9.69 Å². The largest absolute Gasteiger partial charge is 0.477 e. The number of carbonyl (C=O) groups is 2. The molecule has 1 unspecified atom stereocenters. The summed E-state index contributed by atoms with van der Waals surface area (Å²) >= 11 is 0. The molecule has 7 heteroatoms. The number of nitrogens with zero attached hydrogens (tertiary/aromatic N) is 1. The zero-order valence-corrected chi connectivity index (χ0v) is 10.4. The molecule has 1 saturated heterocycles. The van der Waals surface area contributed by atoms with E-state index in [1.807, 2.05) is 0 Å². The molecule has 2 atom stereocenters. The lowest BCUT2D eigenvalue weighted by Crippen LogP contribution is -2.55. The topological polar surface area (TPSA) is 57.6 Å². The fraction of sp³-hybridized carbons (Fsp3) is 0.538. The Morgan fingerprint density at radius 3 is 2.65 bits per heavy atom. The van der Waals surface area contributed by atoms with Gasteiger partial charge in [-0.2, -0.15) is 13.2 Å². The molecule has 108 valence electrons. The Balaban J connectivity index is 2.02. The maximum Gasteiger partial charge on any atom is 0.410 e. The van der Waals surface area contributed by atoms with E-state index in [9.17, 15) is 27.9 Å². The summed E-state index contributed by atoms with van der Waals surface area (Å²) in [7, 11) is 0. The van der Waals surface area contributed by atoms with Crippen LogP contribution in [0.3, 0.4) is 0 Å². The lowest BCUT2D eigenvalue weighted by molar-refractivity contribution is -0.143. The van der Waals surface area contributed by atoms with Crippen molar-refractivity contribution in [2.24, 2.45) is 5.92 Å². The van der Waals surface area contributed by atoms with Gasteiger partial charge in [-0.25, -0.2) is 4.79 Å². The molecule has 1 aliphatic carbocycles. The van der Waals surface area contributed by atoms with Crippen LogP contribution in [0.15, 0.2) is 22.9 Å². The molecule has 0 spiro atoms. The standard InChI is InChI=1S/C13H12F3NO3/c14-13(15,16)5-8-9-6-3-1-2-4-7(6)10(12(19)20)17(9)11(8)18/h5-6,9H,1-4H2,(H,19,20)/b8-5+/t6-,9?/m0/s1. The first-order chi connectivity index (χ1) is 9.31. The van der Waals surface area contributed by atoms with Gasteiger partial charge in [-0.15, -0.1) is 0 Å². The Labute approximate surface area is 112 Å². The molecule has 2 heterocycles. The van der Waals surface area contributed by atoms with E-state index < -0.39 is 24.1 Å². The summed E-state index contributed by atoms with van der Waals surface area (Å²) in [6, 6.07) is -0.731. The Morgan fingerprint density at radius 2 is 2.05 bits per heavy atom. The highest BCUT2D eigenvalue weighted by molar-refractivity contribution is 6.09. The second kappa shape index (κ2) is 4.10. The van der Waals surface area contributed by atoms with Crippen LogP contribution in [-0.2, 0) is 9.59 Å². The summed E-state index contributed by atoms with van der Waals surface area (Å²) in [6.07, 6.45) is -1.69. The number of amides is 1. The van der Waals surface area contributed by atoms with Crippen LogP contribution in [0.25, 0.3) is 0 Å². The van der Waals surface area contributed by atoms with Crippen molar-refractivity contribution in [2.75, 3.05) is 0 Å². The Bertz CT molecular complexity index is 562. The lowest BCUT2D eigenvalue weighted by atomic mass is 9.77. The molecule has 0 aromatic rings. The molecule has 0 aromatic heterocycles. The smallest absolute Gasteiger partial charge is 0.410 e. The first kappa shape index (κ1) is 13.2. The molecule has 2 fully saturated rings. The number of carboxylic acids is 1. The number of carboxylic acid groups (broad SMARTS) is 1. The minimum absolute atomic E-state index is 0.0213. The van der Waals surface area contributed by atoms with Crippen LogP contribution in [0.5, 0.6) is 0 Å². The maximum absolute atomic E-state index is 12.5. The van der Waals surface area contributed by atoms with Crippen molar-refractivity contribution in [2.45, 2.75) is 37.9 Å². The van der Waals surface area contributed by atoms with Gasteiger partial charge in [0.25, 0.3) is 5.91 Å². The van der Waals surface area contributed by atoms with E-state index in [2.05, 4.69) is 0 Å². The quantitative estimate of drug-likeness (QED) is 0.594. The normalized spacial score (nSPS) is 31.2. The molecule has 1 saturated carbocycles. The molecule has 0 radical (unpaired) electrons. The third-order valence-corrected chi connectivity index (χ3v) is 4.17. The summed E-state index contributed by atoms with van der Waals surface area (Å²) in [4.78, 5) is 24.2. The molecule has 1 N–H and O–H groups in total. The number of fused-ring (bicyclic) bond motifs is 3. The molecule has 2 aliphatic heterocycles. The van der Waals surface area contributed by atoms with E-state index >= 15 is 0 Å². The monoisotopic (exact) mass is 287 g/mol. The number of β-lactam (4-membered cyclic amide) rings is 1. The van der Waals surface area contributed by atoms with Crippen LogP contribution in [0.4, 0.5) is 13.2 Å². The molecule has 0 aromatic carbocycles. The van der Waals surface area contributed by atoms with Crippen molar-refractivity contribution in [3.8, 4) is 0 Å². The van der Waals surface area contributed by atoms with Crippen molar-refractivity contribution in [1.29, 1.82) is 0 Å². The fourth-order valence-electron chi connectivity index (χ4n) is 3.50. The Kier molecular flexibility index (Phi) is 2.71. The van der Waals surface area contributed by atoms with Crippen LogP contribution >= 0.6 is 0 Å². The highest BCUT2D eigenvalue weighted by Crippen LogP contribution is 2.51. The van der Waals surface area contributed by atoms with Crippen LogP contribution in [-0.4, -0.2) is 34.1 Å². The lowest BCUT2D eigenvalue weighted by Gasteiger charge is -2.41. The zero-order valence-electron chi connectivity index (χ0n) is 10.4. The first-order valence-electron chi connectivity index (χ1n) is 6.40. The summed E-state index contributed by atoms with van der Waals surface area (Å²) in [6.45, 7) is 0. The molecule has 1 amide bonds. The van der Waals surface area contributed by atoms with Crippen LogP contribution in [0.1, 0.15) is 25.7 Å². The number of alkyl halides is 3. The third-order valence-electron chi connectivity index (χ3n) is 4.17. The average molecular weight is 287 g/mol. The summed E-state index contributed by atoms with van der Waals surface area (Å²) in [5, 5.41) is 9.22. The highest BCUT2D eigenvalue weighted by atomic mass is 19.4. The van der Waals surface area contributed by atoms with Crippen LogP contribution in [0, 0.1) is 5.92 Å². The number of halogens is 3. The number of hydrogen-bond donors (Lipinski definition) is 1. The number of carbonyl (C=O) groups excluding carboxylic acids is 1. The maximum atomic E-state index is 12.5. The van der Waals surface area contributed by atoms with Gasteiger partial charge in [-0.1, -0.05) is 6.42 Å². The second-order valence-corrected chi connectivity index (χ2v) is 5.29. The molecule has 3 rings (SSSR count). The van der Waals surface area contributed by atoms with E-state index in [0.717, 1.165) is 17.7 Å². The number of hydrogen-bond acceptors (Lipinski definition) is 2. The molecular formula is C13H12F3NO3. The second-order valence-electron chi connectivity index (χ2n) is 5.29. The van der Waals surface area contributed by atoms with E-state index in [0.29, 0.717) is 18.4 Å². The average Bonchev–Trinajstić information content (AvgIpc) is 2.66. The van der Waals surface area contributed by atoms with Gasteiger partial charge in [0.05, 0.1) is 6.04 Å². The molecule has 4 nitrogen and oxygen atoms in total. The van der Waals surface area contributed by atoms with Crippen molar-refractivity contribution in [3.63, 3.8) is 0 Å². The van der Waals surface area contributed by atoms with E-state index in [4.69, 9.17) is 0 Å². The highest BCUT2D eigenvalue weighted by Gasteiger charge is 2.57. The Morgan fingerprint density at radius 1 is 1.35 bits per heavy atom. The number of rotatable bonds is 1. The van der Waals surface area contributed by atoms with Gasteiger partial charge < -0.3 is 5.11 Å². The summed E-state index contributed by atoms with van der Waals surface area (Å²) < 4.78 is 37.4. The Hall–Kier alpha value is -1.79. The van der Waals surface area contributed by atoms with Gasteiger partial charge in [0.1, 0.15) is 5.70 Å². The van der Waals surface area contributed by atoms with Gasteiger partial charge in [0.2, 0.25) is 0 Å². The predicted octanol–water partition coefficient (Wildman–Crippen LogP) is 2.23. The van der Waals surface area contributed by atoms with Crippen molar-refractivity contribution < 1.29 is 27.9 Å². The molecule has 20 heavy (non-hydrogen) atoms. The van der Waals surface area contributed by atoms with Gasteiger partial charge in [0.15, 0.2) is 0 Å². The minimum atomic E-state index is -4.56. The summed E-state index contributed by atoms with van der Waals surface area (Å²) in [5.41, 5.74) is 0.231. The van der Waals surface area contributed by atoms with Crippen LogP contribution < -0.4 is 0 Å². The number of allylic oxidation sites excluding steroid dienone is 1. The molecule has 0 bridgehead atoms. The van der Waals surface area contributed by atoms with Crippen LogP contribution in [0.2, 0.25) is 0 Å². The van der Waals surface area contributed by atoms with Crippen molar-refractivity contribution in [1.82, 2.24) is 4.90 Å². The molecular weight excluding hydrogens is 275 g/mol. The van der Waals surface area contributed by atoms with Crippen molar-refractivity contribution in [3.05, 3.63) is 22.9 Å². The van der Waals surface area contributed by atoms with Gasteiger partial charge in [0, 0.05) is 17.6 Å². The van der Waals surface area contributed by atoms with E-state index in [-0.39, 0.29) is 23.3 Å². The fourth-order valence-corrected chi connectivity index (χ4v) is 3.50. The minimum Gasteiger partial charge on any atom is -0.477 e. The first-order valence-corrected chi connectivity index (χ1v) is 6.40. The van der Waals surface area contributed by atoms with E-state index in [1.165, 1.54) is 0 Å². The third kappa shape index (κ3) is 1.76. The zero-order chi connectivity index (χ0) is 14.7. The SMILES string of the molecule is O=C(O)C1=C2CCCC[C@@H]2C2/C(=C\C(F)(F)F)C(=O)N12. The summed E-state index contributed by atoms with van der Waals surface area (Å²) in [5.74, 6) is -2.32. The molecule has 3 aliphatic rings. The number of aliphatic carboxylic acids is 1. The predicted molar refractivity (Wildman–Crippen MR) is 61.4 cm³/mol. The van der Waals surface area contributed by atoms with E-state index in [1.54, 1.807) is 0 Å². The van der Waals surface area contributed by atoms with Crippen molar-refractivity contribution >= 4 is 11.9 Å².